The molecule has 0 bridgehead atoms. The number of hydrogen-bond acceptors (Lipinski definition) is 3. The van der Waals surface area contributed by atoms with Gasteiger partial charge in [0.1, 0.15) is 5.82 Å². The second-order valence-corrected chi connectivity index (χ2v) is 3.60. The van der Waals surface area contributed by atoms with Gasteiger partial charge in [0.2, 0.25) is 0 Å². The zero-order chi connectivity index (χ0) is 11.5. The quantitative estimate of drug-likeness (QED) is 0.790. The average molecular weight is 215 g/mol. The number of aromatic nitrogens is 2. The first-order chi connectivity index (χ1) is 7.70. The Labute approximate surface area is 93.2 Å². The fourth-order valence-electron chi connectivity index (χ4n) is 1.58. The Kier molecular flexibility index (Phi) is 2.83. The van der Waals surface area contributed by atoms with Gasteiger partial charge < -0.3 is 10.7 Å². The third-order valence-electron chi connectivity index (χ3n) is 2.40. The van der Waals surface area contributed by atoms with Gasteiger partial charge in [0.25, 0.3) is 5.56 Å². The van der Waals surface area contributed by atoms with E-state index in [2.05, 4.69) is 9.97 Å². The zero-order valence-corrected chi connectivity index (χ0v) is 9.03. The summed E-state index contributed by atoms with van der Waals surface area (Å²) < 4.78 is 0. The topological polar surface area (TPSA) is 71.8 Å². The van der Waals surface area contributed by atoms with Crippen molar-refractivity contribution in [3.8, 4) is 11.4 Å². The first-order valence-electron chi connectivity index (χ1n) is 5.07. The maximum Gasteiger partial charge on any atom is 0.251 e. The maximum absolute atomic E-state index is 11.4. The van der Waals surface area contributed by atoms with Gasteiger partial charge in [-0.05, 0) is 12.5 Å². The monoisotopic (exact) mass is 215 g/mol. The second kappa shape index (κ2) is 4.28. The molecule has 1 aromatic carbocycles. The molecule has 0 atom stereocenters. The van der Waals surface area contributed by atoms with Crippen molar-refractivity contribution in [2.45, 2.75) is 13.5 Å². The van der Waals surface area contributed by atoms with Crippen molar-refractivity contribution in [3.05, 3.63) is 51.9 Å². The van der Waals surface area contributed by atoms with Crippen LogP contribution in [0.15, 0.2) is 35.1 Å². The number of hydrogen-bond donors (Lipinski definition) is 2. The Bertz CT molecular complexity index is 560. The predicted octanol–water partition coefficient (Wildman–Crippen LogP) is 1.20. The summed E-state index contributed by atoms with van der Waals surface area (Å²) in [6.07, 6.45) is 0. The lowest BCUT2D eigenvalue weighted by molar-refractivity contribution is 0.955. The molecule has 0 unspecified atom stereocenters. The summed E-state index contributed by atoms with van der Waals surface area (Å²) in [6, 6.07) is 9.18. The maximum atomic E-state index is 11.4. The van der Waals surface area contributed by atoms with Crippen LogP contribution in [-0.4, -0.2) is 9.97 Å². The number of benzene rings is 1. The minimum Gasteiger partial charge on any atom is -0.325 e. The lowest BCUT2D eigenvalue weighted by atomic mass is 10.1. The molecule has 0 spiro atoms. The van der Waals surface area contributed by atoms with E-state index in [0.717, 1.165) is 11.1 Å². The fourth-order valence-corrected chi connectivity index (χ4v) is 1.58. The molecule has 0 aliphatic heterocycles. The van der Waals surface area contributed by atoms with Crippen LogP contribution in [0.2, 0.25) is 0 Å². The lowest BCUT2D eigenvalue weighted by Crippen LogP contribution is -2.13. The first-order valence-corrected chi connectivity index (χ1v) is 5.07. The fraction of sp³-hybridized carbons (Fsp3) is 0.167. The van der Waals surface area contributed by atoms with Gasteiger partial charge in [-0.3, -0.25) is 4.79 Å². The number of rotatable bonds is 2. The Balaban J connectivity index is 2.60. The average Bonchev–Trinajstić information content (AvgIpc) is 2.28. The predicted molar refractivity (Wildman–Crippen MR) is 62.9 cm³/mol. The molecule has 4 nitrogen and oxygen atoms in total. The van der Waals surface area contributed by atoms with Gasteiger partial charge in [0.15, 0.2) is 0 Å². The summed E-state index contributed by atoms with van der Waals surface area (Å²) in [5, 5.41) is 0. The highest BCUT2D eigenvalue weighted by molar-refractivity contribution is 5.59. The number of H-pyrrole nitrogens is 1. The minimum atomic E-state index is -0.172. The number of nitrogens with two attached hydrogens (primary N) is 1. The molecular weight excluding hydrogens is 202 g/mol. The van der Waals surface area contributed by atoms with Crippen LogP contribution in [0.3, 0.4) is 0 Å². The van der Waals surface area contributed by atoms with E-state index in [-0.39, 0.29) is 12.1 Å². The Morgan fingerprint density at radius 2 is 2.12 bits per heavy atom. The molecule has 0 saturated heterocycles. The van der Waals surface area contributed by atoms with Crippen molar-refractivity contribution in [2.75, 3.05) is 0 Å². The van der Waals surface area contributed by atoms with Gasteiger partial charge in [-0.1, -0.05) is 24.3 Å². The summed E-state index contributed by atoms with van der Waals surface area (Å²) >= 11 is 0. The van der Waals surface area contributed by atoms with Gasteiger partial charge >= 0.3 is 0 Å². The summed E-state index contributed by atoms with van der Waals surface area (Å²) in [7, 11) is 0. The van der Waals surface area contributed by atoms with Crippen LogP contribution >= 0.6 is 0 Å². The molecular formula is C12H13N3O. The largest absolute Gasteiger partial charge is 0.325 e. The molecule has 2 aromatic rings. The highest BCUT2D eigenvalue weighted by Crippen LogP contribution is 2.17. The summed E-state index contributed by atoms with van der Waals surface area (Å²) in [5.41, 5.74) is 7.91. The van der Waals surface area contributed by atoms with E-state index in [1.165, 1.54) is 6.07 Å². The Hall–Kier alpha value is -1.94. The van der Waals surface area contributed by atoms with E-state index in [1.807, 2.05) is 31.2 Å². The smallest absolute Gasteiger partial charge is 0.251 e. The molecule has 1 heterocycles. The summed E-state index contributed by atoms with van der Waals surface area (Å²) in [6.45, 7) is 2.24. The van der Waals surface area contributed by atoms with E-state index in [4.69, 9.17) is 5.73 Å². The number of nitrogens with zero attached hydrogens (tertiary/aromatic N) is 1. The first kappa shape index (κ1) is 10.6. The molecule has 2 rings (SSSR count). The molecule has 1 aromatic heterocycles. The molecule has 4 heteroatoms. The van der Waals surface area contributed by atoms with E-state index >= 15 is 0 Å². The molecule has 0 fully saturated rings. The molecule has 0 saturated carbocycles. The van der Waals surface area contributed by atoms with E-state index < -0.39 is 0 Å². The molecule has 0 aliphatic rings. The van der Waals surface area contributed by atoms with Crippen LogP contribution < -0.4 is 11.3 Å². The molecule has 0 radical (unpaired) electrons. The SMILES string of the molecule is Cc1ccccc1-c1nc(CN)cc(=O)[nH]1. The highest BCUT2D eigenvalue weighted by Gasteiger charge is 2.05. The number of aromatic amines is 1. The summed E-state index contributed by atoms with van der Waals surface area (Å²) in [5.74, 6) is 0.575. The van der Waals surface area contributed by atoms with Crippen LogP contribution in [0.5, 0.6) is 0 Å². The van der Waals surface area contributed by atoms with Gasteiger partial charge in [0, 0.05) is 18.2 Å². The van der Waals surface area contributed by atoms with Crippen molar-refractivity contribution in [2.24, 2.45) is 5.73 Å². The molecule has 0 aliphatic carbocycles. The second-order valence-electron chi connectivity index (χ2n) is 3.60. The van der Waals surface area contributed by atoms with Gasteiger partial charge in [0.05, 0.1) is 5.69 Å². The molecule has 16 heavy (non-hydrogen) atoms. The van der Waals surface area contributed by atoms with Crippen molar-refractivity contribution in [3.63, 3.8) is 0 Å². The standard InChI is InChI=1S/C12H13N3O/c1-8-4-2-3-5-10(8)12-14-9(7-13)6-11(16)15-12/h2-6H,7,13H2,1H3,(H,14,15,16). The van der Waals surface area contributed by atoms with Crippen molar-refractivity contribution >= 4 is 0 Å². The van der Waals surface area contributed by atoms with E-state index in [1.54, 1.807) is 0 Å². The Morgan fingerprint density at radius 3 is 2.81 bits per heavy atom. The van der Waals surface area contributed by atoms with Crippen molar-refractivity contribution < 1.29 is 0 Å². The minimum absolute atomic E-state index is 0.172. The van der Waals surface area contributed by atoms with Gasteiger partial charge in [-0.2, -0.15) is 0 Å². The van der Waals surface area contributed by atoms with Crippen LogP contribution in [0, 0.1) is 6.92 Å². The lowest BCUT2D eigenvalue weighted by Gasteiger charge is -2.05. The van der Waals surface area contributed by atoms with Crippen LogP contribution in [0.1, 0.15) is 11.3 Å². The van der Waals surface area contributed by atoms with Gasteiger partial charge in [-0.25, -0.2) is 4.98 Å². The van der Waals surface area contributed by atoms with E-state index in [9.17, 15) is 4.79 Å². The Morgan fingerprint density at radius 1 is 1.38 bits per heavy atom. The van der Waals surface area contributed by atoms with Gasteiger partial charge in [-0.15, -0.1) is 0 Å². The number of nitrogens with one attached hydrogen (secondary N) is 1. The van der Waals surface area contributed by atoms with Crippen molar-refractivity contribution in [1.82, 2.24) is 9.97 Å². The zero-order valence-electron chi connectivity index (χ0n) is 9.03. The number of aryl methyl sites for hydroxylation is 1. The highest BCUT2D eigenvalue weighted by atomic mass is 16.1. The van der Waals surface area contributed by atoms with Crippen LogP contribution in [-0.2, 0) is 6.54 Å². The summed E-state index contributed by atoms with van der Waals surface area (Å²) in [4.78, 5) is 18.4. The third kappa shape index (κ3) is 2.01. The van der Waals surface area contributed by atoms with Crippen molar-refractivity contribution in [1.29, 1.82) is 0 Å². The third-order valence-corrected chi connectivity index (χ3v) is 2.40. The molecule has 0 amide bonds. The molecule has 3 N–H and O–H groups in total. The normalized spacial score (nSPS) is 10.4. The van der Waals surface area contributed by atoms with Crippen LogP contribution in [0.4, 0.5) is 0 Å². The molecule has 82 valence electrons. The van der Waals surface area contributed by atoms with Crippen LogP contribution in [0.25, 0.3) is 11.4 Å². The van der Waals surface area contributed by atoms with E-state index in [0.29, 0.717) is 11.5 Å².